The van der Waals surface area contributed by atoms with Gasteiger partial charge in [0.05, 0.1) is 25.5 Å². The van der Waals surface area contributed by atoms with Gasteiger partial charge in [-0.3, -0.25) is 4.79 Å². The van der Waals surface area contributed by atoms with Crippen LogP contribution >= 0.6 is 0 Å². The quantitative estimate of drug-likeness (QED) is 0.808. The second-order valence-corrected chi connectivity index (χ2v) is 4.82. The zero-order valence-electron chi connectivity index (χ0n) is 12.7. The van der Waals surface area contributed by atoms with E-state index in [9.17, 15) is 14.7 Å². The van der Waals surface area contributed by atoms with E-state index in [2.05, 4.69) is 5.32 Å². The van der Waals surface area contributed by atoms with Gasteiger partial charge in [0.15, 0.2) is 11.5 Å². The van der Waals surface area contributed by atoms with Gasteiger partial charge in [0.2, 0.25) is 5.91 Å². The van der Waals surface area contributed by atoms with Gasteiger partial charge in [-0.25, -0.2) is 4.79 Å². The van der Waals surface area contributed by atoms with E-state index in [0.717, 1.165) is 6.42 Å². The van der Waals surface area contributed by atoms with Crippen molar-refractivity contribution in [2.75, 3.05) is 19.5 Å². The number of hydrogen-bond acceptors (Lipinski definition) is 4. The highest BCUT2D eigenvalue weighted by Crippen LogP contribution is 2.33. The maximum absolute atomic E-state index is 11.9. The third-order valence-corrected chi connectivity index (χ3v) is 3.26. The van der Waals surface area contributed by atoms with Crippen molar-refractivity contribution in [2.45, 2.75) is 26.7 Å². The fraction of sp³-hybridized carbons (Fsp3) is 0.467. The Morgan fingerprint density at radius 3 is 2.29 bits per heavy atom. The zero-order chi connectivity index (χ0) is 16.0. The van der Waals surface area contributed by atoms with Gasteiger partial charge in [-0.1, -0.05) is 20.3 Å². The first-order chi connectivity index (χ1) is 9.92. The Morgan fingerprint density at radius 2 is 1.81 bits per heavy atom. The van der Waals surface area contributed by atoms with E-state index < -0.39 is 5.97 Å². The number of hydrogen-bond donors (Lipinski definition) is 2. The number of anilines is 1. The van der Waals surface area contributed by atoms with Crippen molar-refractivity contribution in [3.8, 4) is 11.5 Å². The second-order valence-electron chi connectivity index (χ2n) is 4.82. The third-order valence-electron chi connectivity index (χ3n) is 3.26. The van der Waals surface area contributed by atoms with Crippen LogP contribution in [0.4, 0.5) is 5.69 Å². The van der Waals surface area contributed by atoms with Crippen molar-refractivity contribution in [2.24, 2.45) is 5.92 Å². The fourth-order valence-electron chi connectivity index (χ4n) is 1.82. The average molecular weight is 295 g/mol. The van der Waals surface area contributed by atoms with Crippen LogP contribution in [0.1, 0.15) is 37.0 Å². The lowest BCUT2D eigenvalue weighted by Crippen LogP contribution is -2.17. The predicted molar refractivity (Wildman–Crippen MR) is 79.2 cm³/mol. The number of carbonyl (C=O) groups is 2. The molecule has 0 heterocycles. The molecule has 0 aliphatic carbocycles. The molecule has 1 aromatic rings. The molecule has 6 nitrogen and oxygen atoms in total. The SMILES string of the molecule is CCC(C)CC(=O)Nc1cc(OC)c(OC)cc1C(=O)O. The molecule has 21 heavy (non-hydrogen) atoms. The monoisotopic (exact) mass is 295 g/mol. The van der Waals surface area contributed by atoms with E-state index in [4.69, 9.17) is 9.47 Å². The second kappa shape index (κ2) is 7.52. The number of carboxylic acids is 1. The highest BCUT2D eigenvalue weighted by Gasteiger charge is 2.18. The summed E-state index contributed by atoms with van der Waals surface area (Å²) < 4.78 is 10.2. The average Bonchev–Trinajstić information content (AvgIpc) is 2.45. The van der Waals surface area contributed by atoms with E-state index in [1.807, 2.05) is 13.8 Å². The largest absolute Gasteiger partial charge is 0.493 e. The Balaban J connectivity index is 3.09. The van der Waals surface area contributed by atoms with Gasteiger partial charge in [-0.2, -0.15) is 0 Å². The Hall–Kier alpha value is -2.24. The molecule has 2 N–H and O–H groups in total. The highest BCUT2D eigenvalue weighted by atomic mass is 16.5. The molecule has 0 saturated heterocycles. The van der Waals surface area contributed by atoms with Crippen LogP contribution in [-0.2, 0) is 4.79 Å². The Kier molecular flexibility index (Phi) is 6.02. The van der Waals surface area contributed by atoms with Crippen LogP contribution in [0.2, 0.25) is 0 Å². The van der Waals surface area contributed by atoms with Gasteiger partial charge in [0, 0.05) is 18.6 Å². The van der Waals surface area contributed by atoms with E-state index in [1.165, 1.54) is 26.4 Å². The summed E-state index contributed by atoms with van der Waals surface area (Å²) in [5, 5.41) is 11.9. The van der Waals surface area contributed by atoms with Crippen molar-refractivity contribution >= 4 is 17.6 Å². The summed E-state index contributed by atoms with van der Waals surface area (Å²) in [5.74, 6) is -0.469. The van der Waals surface area contributed by atoms with Gasteiger partial charge >= 0.3 is 5.97 Å². The summed E-state index contributed by atoms with van der Waals surface area (Å²) in [6.45, 7) is 3.96. The van der Waals surface area contributed by atoms with Crippen LogP contribution in [0.15, 0.2) is 12.1 Å². The predicted octanol–water partition coefficient (Wildman–Crippen LogP) is 2.78. The molecule has 0 bridgehead atoms. The number of rotatable bonds is 7. The number of amides is 1. The summed E-state index contributed by atoms with van der Waals surface area (Å²) in [7, 11) is 2.87. The molecule has 1 atom stereocenters. The zero-order valence-corrected chi connectivity index (χ0v) is 12.7. The molecule has 0 aliphatic rings. The molecular weight excluding hydrogens is 274 g/mol. The standard InChI is InChI=1S/C15H21NO5/c1-5-9(2)6-14(17)16-11-8-13(21-4)12(20-3)7-10(11)15(18)19/h7-9H,5-6H2,1-4H3,(H,16,17)(H,18,19). The third kappa shape index (κ3) is 4.37. The van der Waals surface area contributed by atoms with E-state index in [-0.39, 0.29) is 23.1 Å². The molecule has 0 aromatic heterocycles. The van der Waals surface area contributed by atoms with Crippen LogP contribution in [0.25, 0.3) is 0 Å². The number of nitrogens with one attached hydrogen (secondary N) is 1. The summed E-state index contributed by atoms with van der Waals surface area (Å²) in [6, 6.07) is 2.79. The molecule has 0 fully saturated rings. The van der Waals surface area contributed by atoms with Crippen molar-refractivity contribution < 1.29 is 24.2 Å². The first-order valence-electron chi connectivity index (χ1n) is 6.72. The molecule has 1 amide bonds. The first-order valence-corrected chi connectivity index (χ1v) is 6.72. The van der Waals surface area contributed by atoms with Gasteiger partial charge in [0.1, 0.15) is 0 Å². The highest BCUT2D eigenvalue weighted by molar-refractivity contribution is 6.01. The Morgan fingerprint density at radius 1 is 1.24 bits per heavy atom. The van der Waals surface area contributed by atoms with Gasteiger partial charge in [-0.05, 0) is 5.92 Å². The van der Waals surface area contributed by atoms with E-state index in [0.29, 0.717) is 17.9 Å². The molecule has 0 spiro atoms. The first kappa shape index (κ1) is 16.8. The summed E-state index contributed by atoms with van der Waals surface area (Å²) in [4.78, 5) is 23.2. The van der Waals surface area contributed by atoms with Gasteiger partial charge in [-0.15, -0.1) is 0 Å². The van der Waals surface area contributed by atoms with Crippen molar-refractivity contribution in [1.29, 1.82) is 0 Å². The minimum absolute atomic E-state index is 0.0369. The van der Waals surface area contributed by atoms with Crippen LogP contribution in [0.3, 0.4) is 0 Å². The molecule has 6 heteroatoms. The van der Waals surface area contributed by atoms with Crippen LogP contribution in [-0.4, -0.2) is 31.2 Å². The topological polar surface area (TPSA) is 84.9 Å². The lowest BCUT2D eigenvalue weighted by Gasteiger charge is -2.14. The number of methoxy groups -OCH3 is 2. The maximum Gasteiger partial charge on any atom is 0.337 e. The smallest absolute Gasteiger partial charge is 0.337 e. The molecule has 1 unspecified atom stereocenters. The van der Waals surface area contributed by atoms with Crippen LogP contribution in [0, 0.1) is 5.92 Å². The number of aromatic carboxylic acids is 1. The lowest BCUT2D eigenvalue weighted by molar-refractivity contribution is -0.117. The maximum atomic E-state index is 11.9. The van der Waals surface area contributed by atoms with E-state index in [1.54, 1.807) is 0 Å². The number of carboxylic acid groups (broad SMARTS) is 1. The lowest BCUT2D eigenvalue weighted by atomic mass is 10.0. The normalized spacial score (nSPS) is 11.6. The van der Waals surface area contributed by atoms with E-state index >= 15 is 0 Å². The fourth-order valence-corrected chi connectivity index (χ4v) is 1.82. The van der Waals surface area contributed by atoms with Crippen LogP contribution in [0.5, 0.6) is 11.5 Å². The van der Waals surface area contributed by atoms with Gasteiger partial charge in [0.25, 0.3) is 0 Å². The number of carbonyl (C=O) groups excluding carboxylic acids is 1. The summed E-state index contributed by atoms with van der Waals surface area (Å²) in [5.41, 5.74) is 0.165. The molecule has 0 radical (unpaired) electrons. The molecule has 0 aliphatic heterocycles. The van der Waals surface area contributed by atoms with Gasteiger partial charge < -0.3 is 19.9 Å². The van der Waals surface area contributed by atoms with Crippen molar-refractivity contribution in [3.63, 3.8) is 0 Å². The molecule has 0 saturated carbocycles. The molecule has 1 rings (SSSR count). The molecule has 1 aromatic carbocycles. The minimum atomic E-state index is -1.14. The molecule has 116 valence electrons. The summed E-state index contributed by atoms with van der Waals surface area (Å²) >= 11 is 0. The number of ether oxygens (including phenoxy) is 2. The van der Waals surface area contributed by atoms with Crippen molar-refractivity contribution in [1.82, 2.24) is 0 Å². The Bertz CT molecular complexity index is 527. The minimum Gasteiger partial charge on any atom is -0.493 e. The number of benzene rings is 1. The van der Waals surface area contributed by atoms with Crippen molar-refractivity contribution in [3.05, 3.63) is 17.7 Å². The van der Waals surface area contributed by atoms with Crippen LogP contribution < -0.4 is 14.8 Å². The molecular formula is C15H21NO5. The Labute approximate surface area is 124 Å². The summed E-state index contributed by atoms with van der Waals surface area (Å²) in [6.07, 6.45) is 1.22.